The van der Waals surface area contributed by atoms with Crippen molar-refractivity contribution in [2.24, 2.45) is 0 Å². The number of benzene rings is 3. The van der Waals surface area contributed by atoms with Gasteiger partial charge in [-0.05, 0) is 83.6 Å². The summed E-state index contributed by atoms with van der Waals surface area (Å²) in [5.41, 5.74) is 7.00. The largest absolute Gasteiger partial charge is 0.340 e. The molecule has 1 aliphatic rings. The molecule has 3 heterocycles. The van der Waals surface area contributed by atoms with Crippen LogP contribution in [-0.2, 0) is 24.1 Å². The van der Waals surface area contributed by atoms with Crippen molar-refractivity contribution in [2.45, 2.75) is 26.2 Å². The molecule has 0 saturated carbocycles. The van der Waals surface area contributed by atoms with Gasteiger partial charge in [0.15, 0.2) is 0 Å². The molecule has 0 spiro atoms. The third-order valence-corrected chi connectivity index (χ3v) is 7.40. The number of carbonyl (C=O) groups is 1. The summed E-state index contributed by atoms with van der Waals surface area (Å²) in [7, 11) is 0. The summed E-state index contributed by atoms with van der Waals surface area (Å²) < 4.78 is 1.20. The molecule has 3 N–H and O–H groups in total. The van der Waals surface area contributed by atoms with Gasteiger partial charge in [-0.25, -0.2) is 4.98 Å². The van der Waals surface area contributed by atoms with Gasteiger partial charge in [-0.1, -0.05) is 30.3 Å². The molecule has 1 amide bonds. The maximum absolute atomic E-state index is 13.1. The van der Waals surface area contributed by atoms with Gasteiger partial charge in [0.05, 0.1) is 6.42 Å². The number of hydrogen-bond donors (Lipinski definition) is 3. The van der Waals surface area contributed by atoms with Crippen LogP contribution in [0.4, 0.5) is 28.8 Å². The number of nitrogens with one attached hydrogen (secondary N) is 3. The Morgan fingerprint density at radius 1 is 1.00 bits per heavy atom. The minimum Gasteiger partial charge on any atom is -0.340 e. The lowest BCUT2D eigenvalue weighted by Crippen LogP contribution is -2.16. The zero-order chi connectivity index (χ0) is 24.5. The first-order valence-corrected chi connectivity index (χ1v) is 12.8. The summed E-state index contributed by atoms with van der Waals surface area (Å²) >= 11 is 1.68. The van der Waals surface area contributed by atoms with Crippen LogP contribution in [0.2, 0.25) is 0 Å². The molecule has 3 aromatic carbocycles. The minimum atomic E-state index is -0.0130. The van der Waals surface area contributed by atoms with Crippen LogP contribution in [0.25, 0.3) is 10.1 Å². The van der Waals surface area contributed by atoms with Crippen molar-refractivity contribution < 1.29 is 4.79 Å². The van der Waals surface area contributed by atoms with E-state index >= 15 is 0 Å². The van der Waals surface area contributed by atoms with Crippen molar-refractivity contribution in [2.75, 3.05) is 16.0 Å². The maximum atomic E-state index is 13.1. The van der Waals surface area contributed by atoms with Crippen LogP contribution < -0.4 is 16.0 Å². The van der Waals surface area contributed by atoms with Crippen molar-refractivity contribution in [3.05, 3.63) is 101 Å². The smallest absolute Gasteiger partial charge is 0.229 e. The summed E-state index contributed by atoms with van der Waals surface area (Å²) in [6.45, 7) is 1.98. The number of aromatic nitrogens is 2. The first kappa shape index (κ1) is 22.2. The standard InChI is InChI=1S/C29H25N5OS/c1-18-16-30-29-32-22-6-4-5-19(13-22)9-10-20-14-23(31-28(18)34-29)11-12-25(20)33-27(35)15-21-17-36-26-8-3-2-7-24(21)26/h2-8,11-14,16-17H,9-10,15H2,1H3,(H,33,35)(H2,30,31,32,34). The van der Waals surface area contributed by atoms with E-state index in [4.69, 9.17) is 0 Å². The van der Waals surface area contributed by atoms with Crippen LogP contribution in [-0.4, -0.2) is 15.9 Å². The molecule has 0 atom stereocenters. The number of fused-ring (bicyclic) bond motifs is 7. The number of hydrogen-bond acceptors (Lipinski definition) is 6. The highest BCUT2D eigenvalue weighted by molar-refractivity contribution is 7.17. The zero-order valence-electron chi connectivity index (χ0n) is 19.8. The van der Waals surface area contributed by atoms with E-state index in [1.807, 2.05) is 49.5 Å². The molecule has 7 heteroatoms. The van der Waals surface area contributed by atoms with E-state index in [1.54, 1.807) is 11.3 Å². The van der Waals surface area contributed by atoms with Gasteiger partial charge in [-0.15, -0.1) is 11.3 Å². The summed E-state index contributed by atoms with van der Waals surface area (Å²) in [5, 5.41) is 13.1. The summed E-state index contributed by atoms with van der Waals surface area (Å²) in [5.74, 6) is 1.28. The molecule has 5 aromatic rings. The molecule has 0 fully saturated rings. The Morgan fingerprint density at radius 3 is 2.83 bits per heavy atom. The molecule has 178 valence electrons. The van der Waals surface area contributed by atoms with E-state index in [-0.39, 0.29) is 5.91 Å². The topological polar surface area (TPSA) is 78.9 Å². The zero-order valence-corrected chi connectivity index (χ0v) is 20.7. The van der Waals surface area contributed by atoms with Gasteiger partial charge >= 0.3 is 0 Å². The first-order chi connectivity index (χ1) is 17.6. The lowest BCUT2D eigenvalue weighted by atomic mass is 10.0. The second kappa shape index (κ2) is 9.43. The molecular weight excluding hydrogens is 466 g/mol. The summed E-state index contributed by atoms with van der Waals surface area (Å²) in [6, 6.07) is 22.6. The molecule has 0 saturated heterocycles. The van der Waals surface area contributed by atoms with Crippen LogP contribution in [0, 0.1) is 6.92 Å². The van der Waals surface area contributed by atoms with Gasteiger partial charge in [0.1, 0.15) is 5.82 Å². The second-order valence-corrected chi connectivity index (χ2v) is 9.94. The lowest BCUT2D eigenvalue weighted by Gasteiger charge is -2.15. The molecule has 6 rings (SSSR count). The van der Waals surface area contributed by atoms with E-state index < -0.39 is 0 Å². The predicted molar refractivity (Wildman–Crippen MR) is 148 cm³/mol. The summed E-state index contributed by atoms with van der Waals surface area (Å²) in [4.78, 5) is 22.2. The molecule has 6 nitrogen and oxygen atoms in total. The Bertz CT molecular complexity index is 1590. The quantitative estimate of drug-likeness (QED) is 0.260. The molecule has 6 bridgehead atoms. The molecular formula is C29H25N5OS. The fraction of sp³-hybridized carbons (Fsp3) is 0.138. The maximum Gasteiger partial charge on any atom is 0.229 e. The van der Waals surface area contributed by atoms with Crippen molar-refractivity contribution in [1.82, 2.24) is 9.97 Å². The van der Waals surface area contributed by atoms with Crippen LogP contribution in [0.15, 0.2) is 78.3 Å². The second-order valence-electron chi connectivity index (χ2n) is 9.03. The van der Waals surface area contributed by atoms with Gasteiger partial charge in [-0.3, -0.25) is 4.79 Å². The highest BCUT2D eigenvalue weighted by atomic mass is 32.1. The van der Waals surface area contributed by atoms with E-state index in [2.05, 4.69) is 61.6 Å². The molecule has 1 aliphatic heterocycles. The van der Waals surface area contributed by atoms with Gasteiger partial charge in [0.2, 0.25) is 11.9 Å². The minimum absolute atomic E-state index is 0.0130. The SMILES string of the molecule is Cc1cnc2nc1Nc1ccc(NC(=O)Cc3csc4ccccc34)c(c1)CCc1cccc(c1)N2. The Balaban J connectivity index is 1.31. The Morgan fingerprint density at radius 2 is 1.89 bits per heavy atom. The van der Waals surface area contributed by atoms with Gasteiger partial charge in [0, 0.05) is 33.5 Å². The average Bonchev–Trinajstić information content (AvgIpc) is 3.28. The Hall–Kier alpha value is -4.23. The normalized spacial score (nSPS) is 12.5. The predicted octanol–water partition coefficient (Wildman–Crippen LogP) is 6.77. The number of anilines is 5. The number of carbonyl (C=O) groups excluding carboxylic acids is 1. The highest BCUT2D eigenvalue weighted by Gasteiger charge is 2.14. The summed E-state index contributed by atoms with van der Waals surface area (Å²) in [6.07, 6.45) is 3.79. The average molecular weight is 492 g/mol. The molecule has 0 unspecified atom stereocenters. The third-order valence-electron chi connectivity index (χ3n) is 6.39. The van der Waals surface area contributed by atoms with E-state index in [1.165, 1.54) is 10.3 Å². The van der Waals surface area contributed by atoms with Gasteiger partial charge in [-0.2, -0.15) is 4.98 Å². The molecule has 0 aliphatic carbocycles. The van der Waals surface area contributed by atoms with Crippen molar-refractivity contribution in [3.63, 3.8) is 0 Å². The number of aryl methyl sites for hydroxylation is 3. The third kappa shape index (κ3) is 4.65. The van der Waals surface area contributed by atoms with E-state index in [9.17, 15) is 4.79 Å². The Kier molecular flexibility index (Phi) is 5.83. The first-order valence-electron chi connectivity index (χ1n) is 12.0. The number of amides is 1. The number of rotatable bonds is 3. The van der Waals surface area contributed by atoms with E-state index in [0.717, 1.165) is 57.8 Å². The highest BCUT2D eigenvalue weighted by Crippen LogP contribution is 2.29. The molecule has 0 radical (unpaired) electrons. The molecule has 36 heavy (non-hydrogen) atoms. The van der Waals surface area contributed by atoms with Crippen molar-refractivity contribution >= 4 is 56.2 Å². The van der Waals surface area contributed by atoms with Crippen LogP contribution in [0.3, 0.4) is 0 Å². The fourth-order valence-electron chi connectivity index (χ4n) is 4.52. The fourth-order valence-corrected chi connectivity index (χ4v) is 5.48. The van der Waals surface area contributed by atoms with Gasteiger partial charge in [0.25, 0.3) is 0 Å². The van der Waals surface area contributed by atoms with Gasteiger partial charge < -0.3 is 16.0 Å². The monoisotopic (exact) mass is 491 g/mol. The van der Waals surface area contributed by atoms with Crippen LogP contribution >= 0.6 is 11.3 Å². The number of thiophene rings is 1. The van der Waals surface area contributed by atoms with Crippen LogP contribution in [0.5, 0.6) is 0 Å². The molecule has 2 aromatic heterocycles. The van der Waals surface area contributed by atoms with Crippen molar-refractivity contribution in [3.8, 4) is 0 Å². The van der Waals surface area contributed by atoms with E-state index in [0.29, 0.717) is 12.4 Å². The van der Waals surface area contributed by atoms with Crippen molar-refractivity contribution in [1.29, 1.82) is 0 Å². The van der Waals surface area contributed by atoms with Crippen LogP contribution in [0.1, 0.15) is 22.3 Å². The Labute approximate surface area is 213 Å². The lowest BCUT2D eigenvalue weighted by molar-refractivity contribution is -0.115. The number of nitrogens with zero attached hydrogens (tertiary/aromatic N) is 2.